The highest BCUT2D eigenvalue weighted by Crippen LogP contribution is 2.23. The van der Waals surface area contributed by atoms with Crippen molar-refractivity contribution in [3.05, 3.63) is 0 Å². The summed E-state index contributed by atoms with van der Waals surface area (Å²) in [5, 5.41) is 7.42. The summed E-state index contributed by atoms with van der Waals surface area (Å²) >= 11 is 0. The van der Waals surface area contributed by atoms with Crippen LogP contribution in [0.4, 0.5) is 0 Å². The lowest BCUT2D eigenvalue weighted by Crippen LogP contribution is -2.51. The molecule has 0 aromatic heterocycles. The van der Waals surface area contributed by atoms with E-state index in [1.807, 2.05) is 14.0 Å². The van der Waals surface area contributed by atoms with Crippen LogP contribution in [0.5, 0.6) is 0 Å². The van der Waals surface area contributed by atoms with Gasteiger partial charge in [-0.3, -0.25) is 14.1 Å². The van der Waals surface area contributed by atoms with E-state index >= 15 is 0 Å². The highest BCUT2D eigenvalue weighted by Gasteiger charge is 2.26. The Hall–Kier alpha value is -0.620. The molecule has 4 unspecified atom stereocenters. The van der Waals surface area contributed by atoms with Crippen molar-refractivity contribution >= 4 is 16.8 Å². The van der Waals surface area contributed by atoms with Crippen LogP contribution in [-0.4, -0.2) is 64.8 Å². The number of piperidine rings is 1. The van der Waals surface area contributed by atoms with Gasteiger partial charge >= 0.3 is 0 Å². The largest absolute Gasteiger partial charge is 0.355 e. The molecule has 6 heteroatoms. The topological polar surface area (TPSA) is 56.7 Å². The summed E-state index contributed by atoms with van der Waals surface area (Å²) in [7, 11) is 1.17. The minimum atomic E-state index is -0.675. The summed E-state index contributed by atoms with van der Waals surface area (Å²) in [6.45, 7) is 10.0. The average molecular weight is 371 g/mol. The van der Waals surface area contributed by atoms with Crippen molar-refractivity contribution in [2.45, 2.75) is 76.6 Å². The van der Waals surface area contributed by atoms with Gasteiger partial charge in [-0.25, -0.2) is 0 Å². The zero-order valence-electron chi connectivity index (χ0n) is 16.6. The first kappa shape index (κ1) is 20.7. The molecule has 2 aliphatic rings. The molecule has 0 spiro atoms. The molecule has 2 N–H and O–H groups in total. The van der Waals surface area contributed by atoms with Crippen molar-refractivity contribution in [3.8, 4) is 0 Å². The van der Waals surface area contributed by atoms with E-state index in [9.17, 15) is 4.21 Å². The number of aliphatic imine (C=N–C) groups is 1. The first-order chi connectivity index (χ1) is 12.0. The molecule has 2 rings (SSSR count). The Morgan fingerprint density at radius 1 is 1.28 bits per heavy atom. The minimum absolute atomic E-state index is 0.351. The van der Waals surface area contributed by atoms with Crippen LogP contribution in [-0.2, 0) is 10.8 Å². The molecule has 4 atom stereocenters. The predicted octanol–water partition coefficient (Wildman–Crippen LogP) is 2.35. The van der Waals surface area contributed by atoms with Crippen molar-refractivity contribution in [2.75, 3.05) is 32.4 Å². The van der Waals surface area contributed by atoms with Crippen LogP contribution >= 0.6 is 0 Å². The average Bonchev–Trinajstić information content (AvgIpc) is 2.64. The number of rotatable bonds is 6. The van der Waals surface area contributed by atoms with E-state index in [1.54, 1.807) is 0 Å². The van der Waals surface area contributed by atoms with Gasteiger partial charge in [-0.1, -0.05) is 20.3 Å². The molecule has 1 saturated carbocycles. The fraction of sp³-hybridized carbons (Fsp3) is 0.947. The molecule has 0 amide bonds. The Balaban J connectivity index is 1.75. The zero-order chi connectivity index (χ0) is 18.2. The second kappa shape index (κ2) is 10.5. The molecular weight excluding hydrogens is 332 g/mol. The smallest absolute Gasteiger partial charge is 0.191 e. The number of nitrogens with one attached hydrogen (secondary N) is 2. The molecule has 5 nitrogen and oxygen atoms in total. The van der Waals surface area contributed by atoms with Crippen molar-refractivity contribution in [3.63, 3.8) is 0 Å². The maximum atomic E-state index is 12.1. The third-order valence-electron chi connectivity index (χ3n) is 5.85. The fourth-order valence-electron chi connectivity index (χ4n) is 3.98. The van der Waals surface area contributed by atoms with Crippen LogP contribution in [0.1, 0.15) is 59.3 Å². The van der Waals surface area contributed by atoms with E-state index < -0.39 is 10.8 Å². The lowest BCUT2D eigenvalue weighted by Gasteiger charge is -2.35. The molecular formula is C19H38N4OS. The molecule has 0 radical (unpaired) electrons. The molecule has 146 valence electrons. The van der Waals surface area contributed by atoms with Crippen molar-refractivity contribution < 1.29 is 4.21 Å². The number of nitrogens with zero attached hydrogens (tertiary/aromatic N) is 2. The lowest BCUT2D eigenvalue weighted by atomic mass is 9.95. The first-order valence-electron chi connectivity index (χ1n) is 10.1. The summed E-state index contributed by atoms with van der Waals surface area (Å²) in [6, 6.07) is 0.921. The van der Waals surface area contributed by atoms with Gasteiger partial charge in [0.05, 0.1) is 0 Å². The monoisotopic (exact) mass is 370 g/mol. The van der Waals surface area contributed by atoms with Gasteiger partial charge in [-0.15, -0.1) is 0 Å². The summed E-state index contributed by atoms with van der Waals surface area (Å²) in [5.74, 6) is 2.54. The SMILES string of the molecule is CCS(=O)C1CCCC(NC(=NC)NCC(C)N2CCC(C)CC2)C1. The molecule has 2 fully saturated rings. The Kier molecular flexibility index (Phi) is 8.70. The van der Waals surface area contributed by atoms with Crippen LogP contribution in [0.2, 0.25) is 0 Å². The highest BCUT2D eigenvalue weighted by atomic mass is 32.2. The predicted molar refractivity (Wildman–Crippen MR) is 109 cm³/mol. The van der Waals surface area contributed by atoms with Crippen molar-refractivity contribution in [1.82, 2.24) is 15.5 Å². The normalized spacial score (nSPS) is 29.2. The van der Waals surface area contributed by atoms with Gasteiger partial charge in [0.25, 0.3) is 0 Å². The van der Waals surface area contributed by atoms with Crippen molar-refractivity contribution in [1.29, 1.82) is 0 Å². The van der Waals surface area contributed by atoms with Crippen LogP contribution in [0.25, 0.3) is 0 Å². The van der Waals surface area contributed by atoms with Gasteiger partial charge in [-0.2, -0.15) is 0 Å². The Morgan fingerprint density at radius 3 is 2.64 bits per heavy atom. The summed E-state index contributed by atoms with van der Waals surface area (Å²) in [4.78, 5) is 6.99. The lowest BCUT2D eigenvalue weighted by molar-refractivity contribution is 0.147. The summed E-state index contributed by atoms with van der Waals surface area (Å²) < 4.78 is 12.1. The Bertz CT molecular complexity index is 449. The zero-order valence-corrected chi connectivity index (χ0v) is 17.4. The molecule has 1 aliphatic heterocycles. The summed E-state index contributed by atoms with van der Waals surface area (Å²) in [6.07, 6.45) is 7.05. The van der Waals surface area contributed by atoms with Crippen LogP contribution in [0.15, 0.2) is 4.99 Å². The fourth-order valence-corrected chi connectivity index (χ4v) is 5.33. The minimum Gasteiger partial charge on any atom is -0.355 e. The van der Waals surface area contributed by atoms with Gasteiger partial charge < -0.3 is 10.6 Å². The molecule has 25 heavy (non-hydrogen) atoms. The van der Waals surface area contributed by atoms with Crippen LogP contribution < -0.4 is 10.6 Å². The molecule has 0 aromatic rings. The maximum Gasteiger partial charge on any atom is 0.191 e. The van der Waals surface area contributed by atoms with Gasteiger partial charge in [-0.05, 0) is 58.0 Å². The molecule has 0 aromatic carbocycles. The number of hydrogen-bond acceptors (Lipinski definition) is 3. The second-order valence-electron chi connectivity index (χ2n) is 7.82. The quantitative estimate of drug-likeness (QED) is 0.557. The first-order valence-corrected chi connectivity index (χ1v) is 11.5. The van der Waals surface area contributed by atoms with Gasteiger partial charge in [0.2, 0.25) is 0 Å². The van der Waals surface area contributed by atoms with E-state index in [0.29, 0.717) is 17.3 Å². The summed E-state index contributed by atoms with van der Waals surface area (Å²) in [5.41, 5.74) is 0. The number of likely N-dealkylation sites (tertiary alicyclic amines) is 1. The van der Waals surface area contributed by atoms with E-state index in [2.05, 4.69) is 34.4 Å². The van der Waals surface area contributed by atoms with E-state index in [-0.39, 0.29) is 0 Å². The van der Waals surface area contributed by atoms with Crippen LogP contribution in [0.3, 0.4) is 0 Å². The van der Waals surface area contributed by atoms with E-state index in [1.165, 1.54) is 25.9 Å². The maximum absolute atomic E-state index is 12.1. The Morgan fingerprint density at radius 2 is 2.00 bits per heavy atom. The standard InChI is InChI=1S/C19H38N4OS/c1-5-25(24)18-8-6-7-17(13-18)22-19(20-4)21-14-16(3)23-11-9-15(2)10-12-23/h15-18H,5-14H2,1-4H3,(H2,20,21,22). The highest BCUT2D eigenvalue weighted by molar-refractivity contribution is 7.85. The third-order valence-corrected chi connectivity index (χ3v) is 7.59. The molecule has 1 heterocycles. The Labute approximate surface area is 156 Å². The molecule has 1 saturated heterocycles. The molecule has 1 aliphatic carbocycles. The van der Waals surface area contributed by atoms with Gasteiger partial charge in [0.1, 0.15) is 0 Å². The van der Waals surface area contributed by atoms with Crippen molar-refractivity contribution in [2.24, 2.45) is 10.9 Å². The second-order valence-corrected chi connectivity index (χ2v) is 9.83. The van der Waals surface area contributed by atoms with E-state index in [4.69, 9.17) is 0 Å². The molecule has 0 bridgehead atoms. The van der Waals surface area contributed by atoms with E-state index in [0.717, 1.165) is 49.9 Å². The number of guanidine groups is 1. The number of hydrogen-bond donors (Lipinski definition) is 2. The van der Waals surface area contributed by atoms with Gasteiger partial charge in [0.15, 0.2) is 5.96 Å². The van der Waals surface area contributed by atoms with Crippen LogP contribution in [0, 0.1) is 5.92 Å². The van der Waals surface area contributed by atoms with Gasteiger partial charge in [0, 0.05) is 47.5 Å². The third kappa shape index (κ3) is 6.55.